The summed E-state index contributed by atoms with van der Waals surface area (Å²) in [6.45, 7) is 0. The highest BCUT2D eigenvalue weighted by atomic mass is 79.9. The van der Waals surface area contributed by atoms with E-state index in [-0.39, 0.29) is 10.3 Å². The Balaban J connectivity index is 2.14. The smallest absolute Gasteiger partial charge is 0.296 e. The number of anilines is 1. The minimum absolute atomic E-state index is 0.0568. The summed E-state index contributed by atoms with van der Waals surface area (Å²) >= 11 is 3.28. The van der Waals surface area contributed by atoms with Gasteiger partial charge in [-0.2, -0.15) is 0 Å². The van der Waals surface area contributed by atoms with Crippen molar-refractivity contribution in [2.45, 2.75) is 4.90 Å². The van der Waals surface area contributed by atoms with Crippen molar-refractivity contribution in [3.05, 3.63) is 67.8 Å². The fraction of sp³-hybridized carbons (Fsp3) is 0.125. The summed E-state index contributed by atoms with van der Waals surface area (Å²) in [7, 11) is -0.992. The van der Waals surface area contributed by atoms with E-state index in [2.05, 4.69) is 20.7 Å². The third kappa shape index (κ3) is 3.12. The van der Waals surface area contributed by atoms with E-state index in [1.54, 1.807) is 24.3 Å². The number of sulfonamides is 1. The first-order chi connectivity index (χ1) is 11.7. The van der Waals surface area contributed by atoms with Crippen molar-refractivity contribution >= 4 is 42.5 Å². The fourth-order valence-corrected chi connectivity index (χ4v) is 3.82. The van der Waals surface area contributed by atoms with Gasteiger partial charge in [-0.25, -0.2) is 13.2 Å². The van der Waals surface area contributed by atoms with E-state index in [1.807, 2.05) is 0 Å². The molecule has 0 unspecified atom stereocenters. The first kappa shape index (κ1) is 17.4. The summed E-state index contributed by atoms with van der Waals surface area (Å²) in [5.41, 5.74) is -0.243. The molecule has 130 valence electrons. The van der Waals surface area contributed by atoms with E-state index in [0.29, 0.717) is 11.2 Å². The number of fused-ring (bicyclic) bond motifs is 1. The van der Waals surface area contributed by atoms with Gasteiger partial charge in [0.2, 0.25) is 0 Å². The van der Waals surface area contributed by atoms with Crippen molar-refractivity contribution in [3.63, 3.8) is 0 Å². The molecular formula is C16H14BrN3O4S. The number of rotatable bonds is 3. The highest BCUT2D eigenvalue weighted by Gasteiger charge is 2.17. The van der Waals surface area contributed by atoms with Crippen LogP contribution in [0.15, 0.2) is 61.4 Å². The lowest BCUT2D eigenvalue weighted by atomic mass is 10.2. The largest absolute Gasteiger partial charge is 0.330 e. The zero-order valence-corrected chi connectivity index (χ0v) is 15.8. The lowest BCUT2D eigenvalue weighted by molar-refractivity contribution is 0.601. The van der Waals surface area contributed by atoms with Crippen LogP contribution in [0.25, 0.3) is 10.9 Å². The molecule has 1 aromatic heterocycles. The maximum atomic E-state index is 12.6. The van der Waals surface area contributed by atoms with Crippen LogP contribution in [0.2, 0.25) is 0 Å². The van der Waals surface area contributed by atoms with Gasteiger partial charge in [-0.1, -0.05) is 15.9 Å². The van der Waals surface area contributed by atoms with Gasteiger partial charge in [-0.3, -0.25) is 18.7 Å². The molecule has 0 aliphatic carbocycles. The zero-order chi connectivity index (χ0) is 18.4. The Kier molecular flexibility index (Phi) is 4.29. The van der Waals surface area contributed by atoms with E-state index >= 15 is 0 Å². The highest BCUT2D eigenvalue weighted by molar-refractivity contribution is 9.10. The maximum absolute atomic E-state index is 12.6. The monoisotopic (exact) mass is 423 g/mol. The first-order valence-corrected chi connectivity index (χ1v) is 9.46. The summed E-state index contributed by atoms with van der Waals surface area (Å²) in [5, 5.41) is 0.156. The average Bonchev–Trinajstić information content (AvgIpc) is 2.59. The summed E-state index contributed by atoms with van der Waals surface area (Å²) in [4.78, 5) is 24.2. The fourth-order valence-electron chi connectivity index (χ4n) is 2.47. The predicted molar refractivity (Wildman–Crippen MR) is 99.4 cm³/mol. The van der Waals surface area contributed by atoms with Crippen molar-refractivity contribution in [2.24, 2.45) is 14.1 Å². The number of benzene rings is 2. The Hall–Kier alpha value is -2.39. The second-order valence-electron chi connectivity index (χ2n) is 5.50. The van der Waals surface area contributed by atoms with Gasteiger partial charge in [0.1, 0.15) is 0 Å². The molecule has 3 aromatic rings. The molecular weight excluding hydrogens is 410 g/mol. The minimum Gasteiger partial charge on any atom is -0.296 e. The van der Waals surface area contributed by atoms with Crippen LogP contribution in [0.4, 0.5) is 5.69 Å². The third-order valence-corrected chi connectivity index (χ3v) is 5.75. The summed E-state index contributed by atoms with van der Waals surface area (Å²) in [5.74, 6) is 0. The molecule has 0 aliphatic heterocycles. The summed E-state index contributed by atoms with van der Waals surface area (Å²) in [6.07, 6.45) is 0. The first-order valence-electron chi connectivity index (χ1n) is 7.19. The van der Waals surface area contributed by atoms with Crippen molar-refractivity contribution in [3.8, 4) is 0 Å². The molecule has 3 rings (SSSR count). The average molecular weight is 424 g/mol. The van der Waals surface area contributed by atoms with Crippen LogP contribution < -0.4 is 16.0 Å². The number of hydrogen-bond donors (Lipinski definition) is 1. The lowest BCUT2D eigenvalue weighted by Crippen LogP contribution is -2.37. The number of aromatic nitrogens is 2. The molecule has 1 heterocycles. The molecule has 25 heavy (non-hydrogen) atoms. The van der Waals surface area contributed by atoms with Gasteiger partial charge < -0.3 is 0 Å². The minimum atomic E-state index is -3.87. The van der Waals surface area contributed by atoms with E-state index < -0.39 is 21.3 Å². The Morgan fingerprint density at radius 1 is 0.960 bits per heavy atom. The molecule has 0 aliphatic rings. The number of nitrogens with one attached hydrogen (secondary N) is 1. The van der Waals surface area contributed by atoms with Gasteiger partial charge >= 0.3 is 5.69 Å². The van der Waals surface area contributed by atoms with Crippen LogP contribution in [-0.4, -0.2) is 17.6 Å². The van der Waals surface area contributed by atoms with E-state index in [0.717, 1.165) is 9.04 Å². The molecule has 0 saturated carbocycles. The number of hydrogen-bond acceptors (Lipinski definition) is 4. The van der Waals surface area contributed by atoms with E-state index in [9.17, 15) is 18.0 Å². The maximum Gasteiger partial charge on any atom is 0.330 e. The normalized spacial score (nSPS) is 11.6. The number of nitrogens with zero attached hydrogens (tertiary/aromatic N) is 2. The van der Waals surface area contributed by atoms with Gasteiger partial charge in [-0.15, -0.1) is 0 Å². The molecule has 2 aromatic carbocycles. The molecule has 0 fully saturated rings. The van der Waals surface area contributed by atoms with Crippen LogP contribution in [0.3, 0.4) is 0 Å². The Morgan fingerprint density at radius 2 is 1.60 bits per heavy atom. The van der Waals surface area contributed by atoms with E-state index in [4.69, 9.17) is 0 Å². The quantitative estimate of drug-likeness (QED) is 0.695. The molecule has 0 radical (unpaired) electrons. The molecule has 9 heteroatoms. The van der Waals surface area contributed by atoms with Crippen molar-refractivity contribution in [2.75, 3.05) is 4.72 Å². The molecule has 1 N–H and O–H groups in total. The zero-order valence-electron chi connectivity index (χ0n) is 13.4. The van der Waals surface area contributed by atoms with Gasteiger partial charge in [0, 0.05) is 24.3 Å². The summed E-state index contributed by atoms with van der Waals surface area (Å²) in [6, 6.07) is 10.7. The summed E-state index contributed by atoms with van der Waals surface area (Å²) < 4.78 is 30.7. The van der Waals surface area contributed by atoms with Crippen molar-refractivity contribution < 1.29 is 8.42 Å². The van der Waals surface area contributed by atoms with Gasteiger partial charge in [0.25, 0.3) is 15.6 Å². The van der Waals surface area contributed by atoms with Crippen LogP contribution in [0.5, 0.6) is 0 Å². The lowest BCUT2D eigenvalue weighted by Gasteiger charge is -2.11. The Labute approximate surface area is 151 Å². The second-order valence-corrected chi connectivity index (χ2v) is 8.10. The van der Waals surface area contributed by atoms with Crippen LogP contribution in [0.1, 0.15) is 0 Å². The van der Waals surface area contributed by atoms with Gasteiger partial charge in [-0.05, 0) is 42.5 Å². The van der Waals surface area contributed by atoms with E-state index in [1.165, 1.54) is 36.9 Å². The molecule has 0 spiro atoms. The number of aryl methyl sites for hydroxylation is 1. The second kappa shape index (κ2) is 6.16. The Morgan fingerprint density at radius 3 is 2.24 bits per heavy atom. The van der Waals surface area contributed by atoms with Gasteiger partial charge in [0.15, 0.2) is 0 Å². The van der Waals surface area contributed by atoms with Crippen molar-refractivity contribution in [1.82, 2.24) is 9.13 Å². The van der Waals surface area contributed by atoms with Gasteiger partial charge in [0.05, 0.1) is 15.8 Å². The molecule has 7 nitrogen and oxygen atoms in total. The third-order valence-electron chi connectivity index (χ3n) is 3.85. The predicted octanol–water partition coefficient (Wildman–Crippen LogP) is 1.80. The Bertz CT molecular complexity index is 1200. The molecule has 0 saturated heterocycles. The number of halogens is 1. The van der Waals surface area contributed by atoms with Crippen LogP contribution in [0, 0.1) is 0 Å². The van der Waals surface area contributed by atoms with Crippen LogP contribution in [-0.2, 0) is 24.1 Å². The van der Waals surface area contributed by atoms with Crippen LogP contribution >= 0.6 is 15.9 Å². The highest BCUT2D eigenvalue weighted by Crippen LogP contribution is 2.20. The topological polar surface area (TPSA) is 90.2 Å². The molecule has 0 amide bonds. The SMILES string of the molecule is Cn1c(=O)c2cc(S(=O)(=O)Nc3ccc(Br)cc3)ccc2n(C)c1=O. The standard InChI is InChI=1S/C16H14BrN3O4S/c1-19-14-8-7-12(9-13(14)15(21)20(2)16(19)22)25(23,24)18-11-5-3-10(17)4-6-11/h3-9,18H,1-2H3. The molecule has 0 atom stereocenters. The van der Waals surface area contributed by atoms with Crippen molar-refractivity contribution in [1.29, 1.82) is 0 Å². The molecule has 0 bridgehead atoms.